The van der Waals surface area contributed by atoms with E-state index in [4.69, 9.17) is 14.2 Å². The molecule has 0 bridgehead atoms. The number of carbonyl (C=O) groups excluding carboxylic acids is 1. The Morgan fingerprint density at radius 2 is 1.57 bits per heavy atom. The summed E-state index contributed by atoms with van der Waals surface area (Å²) in [7, 11) is -2.11. The lowest BCUT2D eigenvalue weighted by Gasteiger charge is -2.28. The maximum absolute atomic E-state index is 13.1. The zero-order chi connectivity index (χ0) is 24.8. The zero-order valence-corrected chi connectivity index (χ0v) is 20.5. The fourth-order valence-corrected chi connectivity index (χ4v) is 5.27. The molecular formula is C26H28N2O6S. The van der Waals surface area contributed by atoms with Gasteiger partial charge in [0.1, 0.15) is 17.2 Å². The van der Waals surface area contributed by atoms with Crippen LogP contribution in [0.2, 0.25) is 0 Å². The second-order valence-corrected chi connectivity index (χ2v) is 9.93. The molecule has 1 N–H and O–H groups in total. The van der Waals surface area contributed by atoms with E-state index >= 15 is 0 Å². The Labute approximate surface area is 205 Å². The topological polar surface area (TPSA) is 94.2 Å². The molecule has 0 unspecified atom stereocenters. The Kier molecular flexibility index (Phi) is 7.57. The smallest absolute Gasteiger partial charge is 0.262 e. The molecule has 0 spiro atoms. The van der Waals surface area contributed by atoms with Crippen LogP contribution in [0.4, 0.5) is 5.69 Å². The highest BCUT2D eigenvalue weighted by atomic mass is 32.2. The van der Waals surface area contributed by atoms with Crippen LogP contribution in [-0.2, 0) is 27.8 Å². The van der Waals surface area contributed by atoms with Crippen LogP contribution in [0.1, 0.15) is 18.1 Å². The first-order chi connectivity index (χ1) is 16.9. The van der Waals surface area contributed by atoms with Gasteiger partial charge in [-0.3, -0.25) is 4.79 Å². The molecule has 0 fully saturated rings. The van der Waals surface area contributed by atoms with E-state index in [9.17, 15) is 13.2 Å². The van der Waals surface area contributed by atoms with Gasteiger partial charge in [0.2, 0.25) is 10.0 Å². The summed E-state index contributed by atoms with van der Waals surface area (Å²) < 4.78 is 43.8. The predicted octanol–water partition coefficient (Wildman–Crippen LogP) is 3.86. The zero-order valence-electron chi connectivity index (χ0n) is 19.7. The molecule has 1 amide bonds. The summed E-state index contributed by atoms with van der Waals surface area (Å²) in [6, 6.07) is 19.0. The van der Waals surface area contributed by atoms with Crippen LogP contribution in [0.15, 0.2) is 71.6 Å². The number of amides is 1. The molecule has 0 atom stereocenters. The molecule has 9 heteroatoms. The Morgan fingerprint density at radius 1 is 0.914 bits per heavy atom. The van der Waals surface area contributed by atoms with Crippen LogP contribution >= 0.6 is 0 Å². The standard InChI is InChI=1S/C26H28N2O6S/c1-3-33-23-6-8-24(9-7-23)34-18-26(29)27-21-5-4-19-14-15-28(17-20(19)16-21)35(30,31)25-12-10-22(32-2)11-13-25/h4-13,16H,3,14-15,17-18H2,1-2H3,(H,27,29). The highest BCUT2D eigenvalue weighted by Crippen LogP contribution is 2.28. The van der Waals surface area contributed by atoms with Crippen LogP contribution < -0.4 is 19.5 Å². The van der Waals surface area contributed by atoms with Gasteiger partial charge in [-0.05, 0) is 85.1 Å². The van der Waals surface area contributed by atoms with Crippen molar-refractivity contribution < 1.29 is 27.4 Å². The van der Waals surface area contributed by atoms with Crippen LogP contribution in [-0.4, -0.2) is 45.5 Å². The van der Waals surface area contributed by atoms with Crippen molar-refractivity contribution in [3.8, 4) is 17.2 Å². The number of hydrogen-bond acceptors (Lipinski definition) is 6. The number of sulfonamides is 1. The maximum Gasteiger partial charge on any atom is 0.262 e. The van der Waals surface area contributed by atoms with Gasteiger partial charge in [-0.1, -0.05) is 6.07 Å². The summed E-state index contributed by atoms with van der Waals surface area (Å²) in [5, 5.41) is 2.82. The van der Waals surface area contributed by atoms with E-state index in [0.717, 1.165) is 16.9 Å². The Balaban J connectivity index is 1.38. The lowest BCUT2D eigenvalue weighted by Crippen LogP contribution is -2.36. The molecule has 8 nitrogen and oxygen atoms in total. The summed E-state index contributed by atoms with van der Waals surface area (Å²) in [5.41, 5.74) is 2.51. The maximum atomic E-state index is 13.1. The third-order valence-corrected chi connectivity index (χ3v) is 7.53. The molecule has 0 radical (unpaired) electrons. The van der Waals surface area contributed by atoms with Crippen molar-refractivity contribution in [1.29, 1.82) is 0 Å². The third kappa shape index (κ3) is 5.93. The summed E-state index contributed by atoms with van der Waals surface area (Å²) >= 11 is 0. The first-order valence-electron chi connectivity index (χ1n) is 11.3. The molecule has 4 rings (SSSR count). The van der Waals surface area contributed by atoms with E-state index in [2.05, 4.69) is 5.32 Å². The number of nitrogens with zero attached hydrogens (tertiary/aromatic N) is 1. The van der Waals surface area contributed by atoms with Gasteiger partial charge < -0.3 is 19.5 Å². The molecule has 0 aromatic heterocycles. The van der Waals surface area contributed by atoms with E-state index in [-0.39, 0.29) is 24.0 Å². The number of carbonyl (C=O) groups is 1. The number of hydrogen-bond donors (Lipinski definition) is 1. The van der Waals surface area contributed by atoms with Crippen molar-refractivity contribution in [3.05, 3.63) is 77.9 Å². The van der Waals surface area contributed by atoms with E-state index in [1.54, 1.807) is 48.5 Å². The van der Waals surface area contributed by atoms with Crippen molar-refractivity contribution in [2.45, 2.75) is 24.8 Å². The quantitative estimate of drug-likeness (QED) is 0.484. The normalized spacial score (nSPS) is 13.5. The number of methoxy groups -OCH3 is 1. The number of anilines is 1. The fourth-order valence-electron chi connectivity index (χ4n) is 3.86. The molecule has 0 saturated carbocycles. The average Bonchev–Trinajstić information content (AvgIpc) is 2.88. The average molecular weight is 497 g/mol. The van der Waals surface area contributed by atoms with E-state index in [0.29, 0.717) is 36.8 Å². The summed E-state index contributed by atoms with van der Waals surface area (Å²) in [6.45, 7) is 2.96. The lowest BCUT2D eigenvalue weighted by atomic mass is 10.0. The van der Waals surface area contributed by atoms with E-state index in [1.165, 1.54) is 11.4 Å². The summed E-state index contributed by atoms with van der Waals surface area (Å²) in [5.74, 6) is 1.59. The monoisotopic (exact) mass is 496 g/mol. The van der Waals surface area contributed by atoms with Crippen molar-refractivity contribution in [3.63, 3.8) is 0 Å². The molecule has 1 aliphatic rings. The van der Waals surface area contributed by atoms with Crippen LogP contribution in [0.25, 0.3) is 0 Å². The number of nitrogens with one attached hydrogen (secondary N) is 1. The molecule has 0 saturated heterocycles. The van der Waals surface area contributed by atoms with Crippen LogP contribution in [0, 0.1) is 0 Å². The van der Waals surface area contributed by atoms with Gasteiger partial charge in [-0.2, -0.15) is 4.31 Å². The molecule has 184 valence electrons. The van der Waals surface area contributed by atoms with Crippen LogP contribution in [0.5, 0.6) is 17.2 Å². The second-order valence-electron chi connectivity index (χ2n) is 7.99. The van der Waals surface area contributed by atoms with Gasteiger partial charge in [0.25, 0.3) is 5.91 Å². The van der Waals surface area contributed by atoms with Gasteiger partial charge in [-0.15, -0.1) is 0 Å². The molecule has 35 heavy (non-hydrogen) atoms. The highest BCUT2D eigenvalue weighted by molar-refractivity contribution is 7.89. The number of rotatable bonds is 9. The summed E-state index contributed by atoms with van der Waals surface area (Å²) in [6.07, 6.45) is 0.597. The van der Waals surface area contributed by atoms with E-state index in [1.807, 2.05) is 25.1 Å². The van der Waals surface area contributed by atoms with Gasteiger partial charge in [0.15, 0.2) is 6.61 Å². The first kappa shape index (κ1) is 24.6. The number of benzene rings is 3. The van der Waals surface area contributed by atoms with Crippen molar-refractivity contribution in [1.82, 2.24) is 4.31 Å². The van der Waals surface area contributed by atoms with Crippen molar-refractivity contribution in [2.75, 3.05) is 32.2 Å². The Bertz CT molecular complexity index is 1270. The molecule has 3 aromatic rings. The van der Waals surface area contributed by atoms with Gasteiger partial charge in [-0.25, -0.2) is 8.42 Å². The SMILES string of the molecule is CCOc1ccc(OCC(=O)Nc2ccc3c(c2)CN(S(=O)(=O)c2ccc(OC)cc2)CC3)cc1. The first-order valence-corrected chi connectivity index (χ1v) is 12.7. The summed E-state index contributed by atoms with van der Waals surface area (Å²) in [4.78, 5) is 12.6. The number of fused-ring (bicyclic) bond motifs is 1. The highest BCUT2D eigenvalue weighted by Gasteiger charge is 2.28. The molecule has 1 aliphatic heterocycles. The number of ether oxygens (including phenoxy) is 3. The Morgan fingerprint density at radius 3 is 2.23 bits per heavy atom. The van der Waals surface area contributed by atoms with Crippen LogP contribution in [0.3, 0.4) is 0 Å². The van der Waals surface area contributed by atoms with E-state index < -0.39 is 10.0 Å². The largest absolute Gasteiger partial charge is 0.497 e. The third-order valence-electron chi connectivity index (χ3n) is 5.67. The predicted molar refractivity (Wildman–Crippen MR) is 132 cm³/mol. The minimum atomic E-state index is -3.65. The lowest BCUT2D eigenvalue weighted by molar-refractivity contribution is -0.118. The fraction of sp³-hybridized carbons (Fsp3) is 0.269. The second kappa shape index (κ2) is 10.8. The molecule has 1 heterocycles. The van der Waals surface area contributed by atoms with Gasteiger partial charge in [0, 0.05) is 18.8 Å². The van der Waals surface area contributed by atoms with Crippen molar-refractivity contribution >= 4 is 21.6 Å². The Hall–Kier alpha value is -3.56. The minimum absolute atomic E-state index is 0.150. The van der Waals surface area contributed by atoms with Crippen molar-refractivity contribution in [2.24, 2.45) is 0 Å². The van der Waals surface area contributed by atoms with Gasteiger partial charge >= 0.3 is 0 Å². The minimum Gasteiger partial charge on any atom is -0.497 e. The molecular weight excluding hydrogens is 468 g/mol. The molecule has 3 aromatic carbocycles. The van der Waals surface area contributed by atoms with Gasteiger partial charge in [0.05, 0.1) is 18.6 Å². The molecule has 0 aliphatic carbocycles.